The Balaban J connectivity index is 2.03. The molecule has 0 bridgehead atoms. The maximum Gasteiger partial charge on any atom is 0.122 e. The molecule has 0 aromatic heterocycles. The summed E-state index contributed by atoms with van der Waals surface area (Å²) in [5.41, 5.74) is 2.79. The molecular weight excluding hydrogens is 150 g/mol. The van der Waals surface area contributed by atoms with Gasteiger partial charge in [0, 0.05) is 19.0 Å². The van der Waals surface area contributed by atoms with Crippen LogP contribution in [0.25, 0.3) is 0 Å². The average Bonchev–Trinajstić information content (AvgIpc) is 2.84. The quantitative estimate of drug-likeness (QED) is 0.629. The lowest BCUT2D eigenvalue weighted by atomic mass is 10.1. The molecule has 1 fully saturated rings. The van der Waals surface area contributed by atoms with Crippen molar-refractivity contribution >= 4 is 0 Å². The summed E-state index contributed by atoms with van der Waals surface area (Å²) in [4.78, 5) is 0. The Kier molecular flexibility index (Phi) is 1.21. The Morgan fingerprint density at radius 1 is 1.42 bits per heavy atom. The summed E-state index contributed by atoms with van der Waals surface area (Å²) in [6, 6.07) is 7.15. The highest BCUT2D eigenvalue weighted by Gasteiger charge is 2.23. The highest BCUT2D eigenvalue weighted by atomic mass is 16.5. The summed E-state index contributed by atoms with van der Waals surface area (Å²) < 4.78 is 5.43. The van der Waals surface area contributed by atoms with E-state index < -0.39 is 0 Å². The van der Waals surface area contributed by atoms with Gasteiger partial charge in [-0.25, -0.2) is 0 Å². The molecule has 0 amide bonds. The van der Waals surface area contributed by atoms with Crippen molar-refractivity contribution in [2.45, 2.75) is 12.5 Å². The first-order valence-electron chi connectivity index (χ1n) is 4.42. The summed E-state index contributed by atoms with van der Waals surface area (Å²) in [5, 5.41) is 3.30. The Morgan fingerprint density at radius 3 is 3.17 bits per heavy atom. The van der Waals surface area contributed by atoms with Crippen LogP contribution in [0.4, 0.5) is 0 Å². The molecule has 0 aliphatic carbocycles. The van der Waals surface area contributed by atoms with Gasteiger partial charge in [-0.2, -0.15) is 0 Å². The van der Waals surface area contributed by atoms with E-state index in [1.807, 2.05) is 0 Å². The van der Waals surface area contributed by atoms with E-state index in [0.717, 1.165) is 25.3 Å². The SMILES string of the molecule is c1cc2c(cc1[C@H]1CN1)CCO2. The topological polar surface area (TPSA) is 31.2 Å². The average molecular weight is 161 g/mol. The van der Waals surface area contributed by atoms with Crippen molar-refractivity contribution in [2.24, 2.45) is 0 Å². The number of ether oxygens (including phenoxy) is 1. The van der Waals surface area contributed by atoms with Crippen LogP contribution in [0.2, 0.25) is 0 Å². The monoisotopic (exact) mass is 161 g/mol. The van der Waals surface area contributed by atoms with Gasteiger partial charge in [-0.15, -0.1) is 0 Å². The first-order chi connectivity index (χ1) is 5.93. The van der Waals surface area contributed by atoms with Gasteiger partial charge in [0.05, 0.1) is 6.61 Å². The molecule has 12 heavy (non-hydrogen) atoms. The fourth-order valence-electron chi connectivity index (χ4n) is 1.72. The minimum atomic E-state index is 0.621. The maximum absolute atomic E-state index is 5.43. The first-order valence-corrected chi connectivity index (χ1v) is 4.42. The molecule has 2 heteroatoms. The van der Waals surface area contributed by atoms with Gasteiger partial charge in [-0.3, -0.25) is 0 Å². The van der Waals surface area contributed by atoms with E-state index in [2.05, 4.69) is 23.5 Å². The van der Waals surface area contributed by atoms with E-state index in [1.165, 1.54) is 11.1 Å². The summed E-state index contributed by atoms with van der Waals surface area (Å²) >= 11 is 0. The van der Waals surface area contributed by atoms with Gasteiger partial charge in [-0.1, -0.05) is 12.1 Å². The van der Waals surface area contributed by atoms with Crippen molar-refractivity contribution in [3.8, 4) is 5.75 Å². The van der Waals surface area contributed by atoms with Gasteiger partial charge in [-0.05, 0) is 17.2 Å². The van der Waals surface area contributed by atoms with E-state index >= 15 is 0 Å². The van der Waals surface area contributed by atoms with Crippen LogP contribution < -0.4 is 10.1 Å². The Bertz CT molecular complexity index is 318. The van der Waals surface area contributed by atoms with Crippen LogP contribution in [0, 0.1) is 0 Å². The lowest BCUT2D eigenvalue weighted by molar-refractivity contribution is 0.357. The fourth-order valence-corrected chi connectivity index (χ4v) is 1.72. The minimum absolute atomic E-state index is 0.621. The van der Waals surface area contributed by atoms with Crippen LogP contribution in [0.5, 0.6) is 5.75 Å². The van der Waals surface area contributed by atoms with Crippen molar-refractivity contribution in [1.82, 2.24) is 5.32 Å². The van der Waals surface area contributed by atoms with Crippen molar-refractivity contribution < 1.29 is 4.74 Å². The second-order valence-corrected chi connectivity index (χ2v) is 3.43. The van der Waals surface area contributed by atoms with Crippen molar-refractivity contribution in [3.05, 3.63) is 29.3 Å². The molecule has 2 nitrogen and oxygen atoms in total. The third-order valence-corrected chi connectivity index (χ3v) is 2.52. The number of benzene rings is 1. The van der Waals surface area contributed by atoms with E-state index in [-0.39, 0.29) is 0 Å². The van der Waals surface area contributed by atoms with Crippen molar-refractivity contribution in [3.63, 3.8) is 0 Å². The van der Waals surface area contributed by atoms with Crippen LogP contribution in [-0.2, 0) is 6.42 Å². The number of fused-ring (bicyclic) bond motifs is 1. The van der Waals surface area contributed by atoms with Crippen LogP contribution in [-0.4, -0.2) is 13.2 Å². The second-order valence-electron chi connectivity index (χ2n) is 3.43. The molecule has 0 spiro atoms. The lowest BCUT2D eigenvalue weighted by Gasteiger charge is -2.00. The highest BCUT2D eigenvalue weighted by molar-refractivity contribution is 5.41. The van der Waals surface area contributed by atoms with Crippen LogP contribution in [0.15, 0.2) is 18.2 Å². The van der Waals surface area contributed by atoms with Gasteiger partial charge in [0.15, 0.2) is 0 Å². The standard InChI is InChI=1S/C10H11NO/c1-2-10-8(3-4-12-10)5-7(1)9-6-11-9/h1-2,5,9,11H,3-4,6H2/t9-/m1/s1. The van der Waals surface area contributed by atoms with E-state index in [9.17, 15) is 0 Å². The Labute approximate surface area is 71.5 Å². The number of rotatable bonds is 1. The molecule has 2 aliphatic rings. The van der Waals surface area contributed by atoms with Crippen molar-refractivity contribution in [2.75, 3.05) is 13.2 Å². The van der Waals surface area contributed by atoms with Crippen LogP contribution >= 0.6 is 0 Å². The Morgan fingerprint density at radius 2 is 2.33 bits per heavy atom. The largest absolute Gasteiger partial charge is 0.493 e. The van der Waals surface area contributed by atoms with Gasteiger partial charge in [0.2, 0.25) is 0 Å². The minimum Gasteiger partial charge on any atom is -0.493 e. The first kappa shape index (κ1) is 6.49. The zero-order chi connectivity index (χ0) is 7.97. The predicted octanol–water partition coefficient (Wildman–Crippen LogP) is 1.27. The maximum atomic E-state index is 5.43. The summed E-state index contributed by atoms with van der Waals surface area (Å²) in [6.07, 6.45) is 1.08. The molecule has 0 unspecified atom stereocenters. The predicted molar refractivity (Wildman–Crippen MR) is 46.4 cm³/mol. The van der Waals surface area contributed by atoms with Crippen LogP contribution in [0.3, 0.4) is 0 Å². The summed E-state index contributed by atoms with van der Waals surface area (Å²) in [7, 11) is 0. The van der Waals surface area contributed by atoms with Gasteiger partial charge < -0.3 is 10.1 Å². The molecule has 2 heterocycles. The van der Waals surface area contributed by atoms with Crippen LogP contribution in [0.1, 0.15) is 17.2 Å². The van der Waals surface area contributed by atoms with E-state index in [1.54, 1.807) is 0 Å². The molecule has 1 aromatic carbocycles. The van der Waals surface area contributed by atoms with E-state index in [4.69, 9.17) is 4.74 Å². The smallest absolute Gasteiger partial charge is 0.122 e. The molecule has 62 valence electrons. The lowest BCUT2D eigenvalue weighted by Crippen LogP contribution is -1.85. The van der Waals surface area contributed by atoms with Crippen molar-refractivity contribution in [1.29, 1.82) is 0 Å². The number of nitrogens with one attached hydrogen (secondary N) is 1. The molecule has 1 N–H and O–H groups in total. The molecular formula is C10H11NO. The Hall–Kier alpha value is -1.02. The number of hydrogen-bond acceptors (Lipinski definition) is 2. The number of hydrogen-bond donors (Lipinski definition) is 1. The van der Waals surface area contributed by atoms with Gasteiger partial charge in [0.25, 0.3) is 0 Å². The second kappa shape index (κ2) is 2.23. The molecule has 1 saturated heterocycles. The molecule has 1 atom stereocenters. The van der Waals surface area contributed by atoms with Gasteiger partial charge >= 0.3 is 0 Å². The molecule has 1 aromatic rings. The van der Waals surface area contributed by atoms with E-state index in [0.29, 0.717) is 6.04 Å². The molecule has 2 aliphatic heterocycles. The summed E-state index contributed by atoms with van der Waals surface area (Å²) in [5.74, 6) is 1.08. The zero-order valence-corrected chi connectivity index (χ0v) is 6.84. The summed E-state index contributed by atoms with van der Waals surface area (Å²) in [6.45, 7) is 2.00. The molecule has 0 saturated carbocycles. The highest BCUT2D eigenvalue weighted by Crippen LogP contribution is 2.30. The molecule has 3 rings (SSSR count). The third-order valence-electron chi connectivity index (χ3n) is 2.52. The normalized spacial score (nSPS) is 24.8. The zero-order valence-electron chi connectivity index (χ0n) is 6.84. The molecule has 0 radical (unpaired) electrons. The van der Waals surface area contributed by atoms with Gasteiger partial charge in [0.1, 0.15) is 5.75 Å². The third kappa shape index (κ3) is 0.916. The fraction of sp³-hybridized carbons (Fsp3) is 0.400.